The van der Waals surface area contributed by atoms with Crippen molar-refractivity contribution in [3.8, 4) is 5.75 Å². The minimum atomic E-state index is -0.728. The summed E-state index contributed by atoms with van der Waals surface area (Å²) in [6.07, 6.45) is 0.439. The Kier molecular flexibility index (Phi) is 7.88. The molecule has 2 unspecified atom stereocenters. The number of alkyl halides is 1. The zero-order chi connectivity index (χ0) is 28.2. The van der Waals surface area contributed by atoms with E-state index in [1.165, 1.54) is 4.90 Å². The van der Waals surface area contributed by atoms with Crippen molar-refractivity contribution < 1.29 is 23.9 Å². The van der Waals surface area contributed by atoms with Gasteiger partial charge in [0.15, 0.2) is 0 Å². The molecule has 40 heavy (non-hydrogen) atoms. The lowest BCUT2D eigenvalue weighted by atomic mass is 10.0. The lowest BCUT2D eigenvalue weighted by Gasteiger charge is -2.29. The fourth-order valence-corrected chi connectivity index (χ4v) is 4.58. The summed E-state index contributed by atoms with van der Waals surface area (Å²) in [6.45, 7) is 2.43. The number of nitrogens with one attached hydrogen (secondary N) is 2. The summed E-state index contributed by atoms with van der Waals surface area (Å²) in [5.41, 5.74) is 3.15. The highest BCUT2D eigenvalue weighted by Gasteiger charge is 2.40. The van der Waals surface area contributed by atoms with E-state index >= 15 is 0 Å². The van der Waals surface area contributed by atoms with Crippen LogP contribution in [-0.2, 0) is 16.1 Å². The van der Waals surface area contributed by atoms with Crippen LogP contribution in [-0.4, -0.2) is 46.6 Å². The predicted octanol–water partition coefficient (Wildman–Crippen LogP) is 5.12. The van der Waals surface area contributed by atoms with Crippen LogP contribution in [0.15, 0.2) is 77.0 Å². The third kappa shape index (κ3) is 6.02. The molecule has 2 heterocycles. The van der Waals surface area contributed by atoms with Gasteiger partial charge < -0.3 is 15.0 Å². The first-order chi connectivity index (χ1) is 19.3. The molecule has 0 aromatic heterocycles. The van der Waals surface area contributed by atoms with Crippen molar-refractivity contribution >= 4 is 52.3 Å². The second-order valence-corrected chi connectivity index (χ2v) is 10.3. The van der Waals surface area contributed by atoms with Crippen LogP contribution in [0.1, 0.15) is 46.0 Å². The SMILES string of the molecule is CC(Cl)COc1ccc(N=Nc2ccc(C(=O)Nc3cccc4c3CN(C3CCC(=O)NC3=O)C4=O)cc2)cc1. The maximum absolute atomic E-state index is 13.0. The number of benzene rings is 3. The van der Waals surface area contributed by atoms with Gasteiger partial charge in [0.1, 0.15) is 18.4 Å². The minimum Gasteiger partial charge on any atom is -0.492 e. The molecule has 2 aliphatic rings. The van der Waals surface area contributed by atoms with Gasteiger partial charge in [0.05, 0.1) is 16.8 Å². The highest BCUT2D eigenvalue weighted by atomic mass is 35.5. The summed E-state index contributed by atoms with van der Waals surface area (Å²) in [5.74, 6) is -0.793. The lowest BCUT2D eigenvalue weighted by Crippen LogP contribution is -2.52. The van der Waals surface area contributed by atoms with Crippen LogP contribution in [0.5, 0.6) is 5.75 Å². The van der Waals surface area contributed by atoms with Gasteiger partial charge in [0.25, 0.3) is 11.8 Å². The first-order valence-electron chi connectivity index (χ1n) is 12.7. The van der Waals surface area contributed by atoms with E-state index in [1.54, 1.807) is 66.7 Å². The van der Waals surface area contributed by atoms with E-state index in [2.05, 4.69) is 20.9 Å². The van der Waals surface area contributed by atoms with Gasteiger partial charge in [-0.3, -0.25) is 24.5 Å². The fourth-order valence-electron chi connectivity index (χ4n) is 4.51. The summed E-state index contributed by atoms with van der Waals surface area (Å²) >= 11 is 5.90. The largest absolute Gasteiger partial charge is 0.492 e. The van der Waals surface area contributed by atoms with Crippen molar-refractivity contribution in [2.24, 2.45) is 10.2 Å². The molecule has 0 aliphatic carbocycles. The van der Waals surface area contributed by atoms with E-state index in [-0.39, 0.29) is 42.5 Å². The molecule has 3 aromatic carbocycles. The van der Waals surface area contributed by atoms with Crippen LogP contribution in [0.3, 0.4) is 0 Å². The Morgan fingerprint density at radius 2 is 1.73 bits per heavy atom. The lowest BCUT2D eigenvalue weighted by molar-refractivity contribution is -0.136. The molecule has 10 nitrogen and oxygen atoms in total. The monoisotopic (exact) mass is 559 g/mol. The molecule has 3 aromatic rings. The van der Waals surface area contributed by atoms with Crippen molar-refractivity contribution in [1.82, 2.24) is 10.2 Å². The van der Waals surface area contributed by atoms with Crippen molar-refractivity contribution in [3.63, 3.8) is 0 Å². The third-order valence-electron chi connectivity index (χ3n) is 6.56. The minimum absolute atomic E-state index is 0.0857. The van der Waals surface area contributed by atoms with Gasteiger partial charge in [0.2, 0.25) is 11.8 Å². The van der Waals surface area contributed by atoms with Gasteiger partial charge in [0, 0.05) is 35.3 Å². The van der Waals surface area contributed by atoms with E-state index in [4.69, 9.17) is 16.3 Å². The van der Waals surface area contributed by atoms with E-state index in [0.29, 0.717) is 46.1 Å². The average Bonchev–Trinajstić information content (AvgIpc) is 3.28. The van der Waals surface area contributed by atoms with Gasteiger partial charge in [-0.05, 0) is 74.0 Å². The number of anilines is 1. The molecule has 0 spiro atoms. The zero-order valence-electron chi connectivity index (χ0n) is 21.6. The molecule has 4 amide bonds. The number of azo groups is 1. The van der Waals surface area contributed by atoms with Crippen molar-refractivity contribution in [2.75, 3.05) is 11.9 Å². The predicted molar refractivity (Wildman–Crippen MR) is 148 cm³/mol. The molecule has 1 fully saturated rings. The number of rotatable bonds is 8. The Bertz CT molecular complexity index is 1490. The molecule has 204 valence electrons. The first-order valence-corrected chi connectivity index (χ1v) is 13.2. The summed E-state index contributed by atoms with van der Waals surface area (Å²) in [5, 5.41) is 13.5. The number of halogens is 1. The molecule has 2 aliphatic heterocycles. The number of hydrogen-bond acceptors (Lipinski definition) is 7. The van der Waals surface area contributed by atoms with Crippen LogP contribution in [0.4, 0.5) is 17.1 Å². The second-order valence-electron chi connectivity index (χ2n) is 9.52. The van der Waals surface area contributed by atoms with Gasteiger partial charge >= 0.3 is 0 Å². The Balaban J connectivity index is 1.22. The van der Waals surface area contributed by atoms with Crippen molar-refractivity contribution in [2.45, 2.75) is 37.7 Å². The average molecular weight is 560 g/mol. The number of ether oxygens (including phenoxy) is 1. The van der Waals surface area contributed by atoms with Gasteiger partial charge in [-0.15, -0.1) is 11.6 Å². The highest BCUT2D eigenvalue weighted by molar-refractivity contribution is 6.20. The van der Waals surface area contributed by atoms with Crippen molar-refractivity contribution in [3.05, 3.63) is 83.4 Å². The molecule has 1 saturated heterocycles. The number of piperidine rings is 1. The Morgan fingerprint density at radius 3 is 2.38 bits per heavy atom. The highest BCUT2D eigenvalue weighted by Crippen LogP contribution is 2.32. The number of carbonyl (C=O) groups is 4. The maximum atomic E-state index is 13.0. The number of nitrogens with zero attached hydrogens (tertiary/aromatic N) is 3. The van der Waals surface area contributed by atoms with Crippen molar-refractivity contribution in [1.29, 1.82) is 0 Å². The van der Waals surface area contributed by atoms with Crippen LogP contribution >= 0.6 is 11.6 Å². The Labute approximate surface area is 235 Å². The van der Waals surface area contributed by atoms with E-state index in [0.717, 1.165) is 0 Å². The molecule has 2 N–H and O–H groups in total. The number of fused-ring (bicyclic) bond motifs is 1. The Morgan fingerprint density at radius 1 is 1.05 bits per heavy atom. The second kappa shape index (κ2) is 11.7. The molecule has 0 saturated carbocycles. The molecule has 2 atom stereocenters. The number of imide groups is 1. The number of amides is 4. The molecule has 0 bridgehead atoms. The van der Waals surface area contributed by atoms with E-state index < -0.39 is 11.9 Å². The van der Waals surface area contributed by atoms with Gasteiger partial charge in [-0.25, -0.2) is 0 Å². The summed E-state index contributed by atoms with van der Waals surface area (Å²) in [7, 11) is 0. The summed E-state index contributed by atoms with van der Waals surface area (Å²) in [4.78, 5) is 51.3. The summed E-state index contributed by atoms with van der Waals surface area (Å²) in [6, 6.07) is 18.1. The smallest absolute Gasteiger partial charge is 0.255 e. The first kappa shape index (κ1) is 27.0. The molecule has 0 radical (unpaired) electrons. The Hall–Kier alpha value is -4.57. The normalized spacial score (nSPS) is 17.5. The van der Waals surface area contributed by atoms with Gasteiger partial charge in [-0.1, -0.05) is 6.07 Å². The molecule has 5 rings (SSSR count). The van der Waals surface area contributed by atoms with Crippen LogP contribution in [0.25, 0.3) is 0 Å². The van der Waals surface area contributed by atoms with Crippen LogP contribution in [0.2, 0.25) is 0 Å². The van der Waals surface area contributed by atoms with E-state index in [1.807, 2.05) is 6.92 Å². The standard InChI is InChI=1S/C29H26ClN5O5/c1-17(30)16-40-21-11-9-20(10-12-21)34-33-19-7-5-18(6-8-19)27(37)31-24-4-2-3-22-23(24)15-35(29(22)39)25-13-14-26(36)32-28(25)38/h2-12,17,25H,13-16H2,1H3,(H,31,37)(H,32,36,38). The van der Waals surface area contributed by atoms with E-state index in [9.17, 15) is 19.2 Å². The zero-order valence-corrected chi connectivity index (χ0v) is 22.4. The maximum Gasteiger partial charge on any atom is 0.255 e. The number of carbonyl (C=O) groups excluding carboxylic acids is 4. The van der Waals surface area contributed by atoms with Gasteiger partial charge in [-0.2, -0.15) is 10.2 Å². The van der Waals surface area contributed by atoms with Crippen LogP contribution < -0.4 is 15.4 Å². The van der Waals surface area contributed by atoms with Crippen LogP contribution in [0, 0.1) is 0 Å². The quantitative estimate of drug-likeness (QED) is 0.225. The molecule has 11 heteroatoms. The molecular weight excluding hydrogens is 534 g/mol. The summed E-state index contributed by atoms with van der Waals surface area (Å²) < 4.78 is 5.55. The third-order valence-corrected chi connectivity index (χ3v) is 6.68. The molecular formula is C29H26ClN5O5. The fraction of sp³-hybridized carbons (Fsp3) is 0.241. The number of hydrogen-bond donors (Lipinski definition) is 2. The topological polar surface area (TPSA) is 130 Å².